The standard InChI is InChI=1S/C21H17FN4O2S2/c1-21(2)12(6-8-26(21)20(27)28)16-9-11-13(5-7-23-19(11)30-16)25-14-3-4-15-18(17(14)22)24-10-29-15/h3-7,9-10H,8H2,1-2H3,(H,23,25)(H,27,28). The number of halogens is 1. The second-order valence-electron chi connectivity index (χ2n) is 7.51. The molecule has 0 saturated carbocycles. The summed E-state index contributed by atoms with van der Waals surface area (Å²) in [5, 5.41) is 13.5. The van der Waals surface area contributed by atoms with Crippen LogP contribution in [0.25, 0.3) is 26.0 Å². The zero-order chi connectivity index (χ0) is 21.0. The van der Waals surface area contributed by atoms with Crippen molar-refractivity contribution in [3.05, 3.63) is 52.7 Å². The lowest BCUT2D eigenvalue weighted by molar-refractivity contribution is 0.127. The molecule has 4 heterocycles. The van der Waals surface area contributed by atoms with Crippen LogP contribution in [0.3, 0.4) is 0 Å². The lowest BCUT2D eigenvalue weighted by Gasteiger charge is -2.32. The number of anilines is 2. The molecule has 152 valence electrons. The first-order valence-corrected chi connectivity index (χ1v) is 10.9. The van der Waals surface area contributed by atoms with Crippen molar-refractivity contribution in [2.75, 3.05) is 11.9 Å². The molecule has 5 rings (SSSR count). The van der Waals surface area contributed by atoms with Gasteiger partial charge in [0.1, 0.15) is 10.3 Å². The van der Waals surface area contributed by atoms with Crippen LogP contribution in [0.1, 0.15) is 18.7 Å². The third kappa shape index (κ3) is 2.85. The number of carbonyl (C=O) groups is 1. The molecular weight excluding hydrogens is 423 g/mol. The van der Waals surface area contributed by atoms with Crippen LogP contribution in [0.5, 0.6) is 0 Å². The van der Waals surface area contributed by atoms with Crippen LogP contribution in [0.2, 0.25) is 0 Å². The molecule has 30 heavy (non-hydrogen) atoms. The van der Waals surface area contributed by atoms with Crippen LogP contribution in [0.15, 0.2) is 42.0 Å². The Bertz CT molecular complexity index is 1340. The van der Waals surface area contributed by atoms with Crippen LogP contribution in [0.4, 0.5) is 20.6 Å². The molecule has 1 amide bonds. The van der Waals surface area contributed by atoms with Gasteiger partial charge in [-0.1, -0.05) is 6.08 Å². The molecule has 1 aliphatic rings. The molecule has 0 bridgehead atoms. The number of thiazole rings is 1. The van der Waals surface area contributed by atoms with Gasteiger partial charge in [-0.05, 0) is 43.7 Å². The summed E-state index contributed by atoms with van der Waals surface area (Å²) < 4.78 is 15.7. The van der Waals surface area contributed by atoms with Crippen molar-refractivity contribution in [3.63, 3.8) is 0 Å². The van der Waals surface area contributed by atoms with E-state index in [1.165, 1.54) is 27.6 Å². The summed E-state index contributed by atoms with van der Waals surface area (Å²) in [5.74, 6) is -0.383. The number of thiophene rings is 1. The highest BCUT2D eigenvalue weighted by molar-refractivity contribution is 7.19. The number of benzene rings is 1. The summed E-state index contributed by atoms with van der Waals surface area (Å²) >= 11 is 2.90. The van der Waals surface area contributed by atoms with E-state index in [9.17, 15) is 14.3 Å². The van der Waals surface area contributed by atoms with Crippen LogP contribution in [-0.2, 0) is 0 Å². The van der Waals surface area contributed by atoms with Gasteiger partial charge in [-0.25, -0.2) is 19.2 Å². The molecule has 0 unspecified atom stereocenters. The van der Waals surface area contributed by atoms with E-state index in [0.717, 1.165) is 31.1 Å². The first-order valence-electron chi connectivity index (χ1n) is 9.25. The number of rotatable bonds is 3. The lowest BCUT2D eigenvalue weighted by Crippen LogP contribution is -2.43. The Hall–Kier alpha value is -3.04. The van der Waals surface area contributed by atoms with Gasteiger partial charge < -0.3 is 10.4 Å². The summed E-state index contributed by atoms with van der Waals surface area (Å²) in [6.45, 7) is 4.15. The SMILES string of the molecule is CC1(C)C(c2cc3c(Nc4ccc5scnc5c4F)ccnc3s2)=CCN1C(=O)O. The smallest absolute Gasteiger partial charge is 0.408 e. The second-order valence-corrected chi connectivity index (χ2v) is 9.43. The van der Waals surface area contributed by atoms with Gasteiger partial charge in [0.05, 0.1) is 27.1 Å². The van der Waals surface area contributed by atoms with Crippen molar-refractivity contribution < 1.29 is 14.3 Å². The summed E-state index contributed by atoms with van der Waals surface area (Å²) in [7, 11) is 0. The third-order valence-electron chi connectivity index (χ3n) is 5.45. The maximum atomic E-state index is 14.9. The average molecular weight is 441 g/mol. The van der Waals surface area contributed by atoms with Crippen molar-refractivity contribution in [1.29, 1.82) is 0 Å². The first-order chi connectivity index (χ1) is 14.4. The fourth-order valence-electron chi connectivity index (χ4n) is 3.85. The summed E-state index contributed by atoms with van der Waals surface area (Å²) in [6.07, 6.45) is 2.68. The molecular formula is C21H17FN4O2S2. The molecule has 3 aromatic heterocycles. The van der Waals surface area contributed by atoms with Crippen molar-refractivity contribution >= 4 is 66.1 Å². The quantitative estimate of drug-likeness (QED) is 0.412. The Morgan fingerprint density at radius 3 is 2.87 bits per heavy atom. The minimum Gasteiger partial charge on any atom is -0.465 e. The van der Waals surface area contributed by atoms with Gasteiger partial charge >= 0.3 is 6.09 Å². The van der Waals surface area contributed by atoms with Crippen molar-refractivity contribution in [2.24, 2.45) is 0 Å². The van der Waals surface area contributed by atoms with Crippen LogP contribution in [-0.4, -0.2) is 38.2 Å². The zero-order valence-electron chi connectivity index (χ0n) is 16.1. The molecule has 6 nitrogen and oxygen atoms in total. The fourth-order valence-corrected chi connectivity index (χ4v) is 5.74. The van der Waals surface area contributed by atoms with E-state index in [4.69, 9.17) is 0 Å². The Morgan fingerprint density at radius 1 is 1.27 bits per heavy atom. The highest BCUT2D eigenvalue weighted by Crippen LogP contribution is 2.43. The maximum Gasteiger partial charge on any atom is 0.408 e. The number of fused-ring (bicyclic) bond motifs is 2. The molecule has 2 N–H and O–H groups in total. The van der Waals surface area contributed by atoms with Gasteiger partial charge in [-0.3, -0.25) is 4.90 Å². The number of carboxylic acid groups (broad SMARTS) is 1. The molecule has 0 spiro atoms. The van der Waals surface area contributed by atoms with E-state index < -0.39 is 11.6 Å². The molecule has 1 aromatic carbocycles. The molecule has 0 saturated heterocycles. The summed E-state index contributed by atoms with van der Waals surface area (Å²) in [6, 6.07) is 7.36. The number of nitrogens with one attached hydrogen (secondary N) is 1. The van der Waals surface area contributed by atoms with E-state index >= 15 is 0 Å². The fraction of sp³-hybridized carbons (Fsp3) is 0.190. The number of amides is 1. The minimum atomic E-state index is -0.944. The highest BCUT2D eigenvalue weighted by atomic mass is 32.1. The van der Waals surface area contributed by atoms with E-state index in [1.54, 1.807) is 23.8 Å². The Labute approximate surface area is 179 Å². The number of nitrogens with zero attached hydrogens (tertiary/aromatic N) is 3. The number of pyridine rings is 1. The third-order valence-corrected chi connectivity index (χ3v) is 7.32. The van der Waals surface area contributed by atoms with Crippen LogP contribution >= 0.6 is 22.7 Å². The van der Waals surface area contributed by atoms with Gasteiger partial charge in [0, 0.05) is 23.0 Å². The van der Waals surface area contributed by atoms with Crippen molar-refractivity contribution in [2.45, 2.75) is 19.4 Å². The average Bonchev–Trinajstić information content (AvgIpc) is 3.40. The highest BCUT2D eigenvalue weighted by Gasteiger charge is 2.39. The number of hydrogen-bond donors (Lipinski definition) is 2. The predicted molar refractivity (Wildman–Crippen MR) is 119 cm³/mol. The van der Waals surface area contributed by atoms with E-state index in [0.29, 0.717) is 17.7 Å². The van der Waals surface area contributed by atoms with Gasteiger partial charge in [0.2, 0.25) is 0 Å². The summed E-state index contributed by atoms with van der Waals surface area (Å²) in [5.41, 5.74) is 3.39. The molecule has 4 aromatic rings. The van der Waals surface area contributed by atoms with Crippen LogP contribution < -0.4 is 5.32 Å². The Morgan fingerprint density at radius 2 is 2.10 bits per heavy atom. The molecule has 0 fully saturated rings. The summed E-state index contributed by atoms with van der Waals surface area (Å²) in [4.78, 5) is 23.3. The van der Waals surface area contributed by atoms with Gasteiger partial charge in [-0.2, -0.15) is 0 Å². The topological polar surface area (TPSA) is 78.4 Å². The van der Waals surface area contributed by atoms with Crippen LogP contribution in [0, 0.1) is 5.82 Å². The molecule has 1 aliphatic heterocycles. The number of hydrogen-bond acceptors (Lipinski definition) is 6. The zero-order valence-corrected chi connectivity index (χ0v) is 17.8. The lowest BCUT2D eigenvalue weighted by atomic mass is 9.94. The van der Waals surface area contributed by atoms with Gasteiger partial charge in [-0.15, -0.1) is 22.7 Å². The van der Waals surface area contributed by atoms with E-state index in [-0.39, 0.29) is 5.82 Å². The first kappa shape index (κ1) is 19.0. The Kier molecular flexibility index (Phi) is 4.26. The Balaban J connectivity index is 1.55. The van der Waals surface area contributed by atoms with E-state index in [1.807, 2.05) is 32.1 Å². The normalized spacial score (nSPS) is 15.7. The largest absolute Gasteiger partial charge is 0.465 e. The molecule has 0 aliphatic carbocycles. The molecule has 0 atom stereocenters. The second kappa shape index (κ2) is 6.75. The maximum absolute atomic E-state index is 14.9. The van der Waals surface area contributed by atoms with E-state index in [2.05, 4.69) is 15.3 Å². The van der Waals surface area contributed by atoms with Gasteiger partial charge in [0.25, 0.3) is 0 Å². The predicted octanol–water partition coefficient (Wildman–Crippen LogP) is 5.94. The molecule has 9 heteroatoms. The minimum absolute atomic E-state index is 0.351. The van der Waals surface area contributed by atoms with Crippen molar-refractivity contribution in [3.8, 4) is 0 Å². The van der Waals surface area contributed by atoms with Gasteiger partial charge in [0.15, 0.2) is 5.82 Å². The monoisotopic (exact) mass is 440 g/mol. The number of aromatic nitrogens is 2. The van der Waals surface area contributed by atoms with Crippen molar-refractivity contribution in [1.82, 2.24) is 14.9 Å². The molecule has 0 radical (unpaired) electrons.